The molecule has 3 N–H and O–H groups in total. The minimum atomic E-state index is -2.07. The summed E-state index contributed by atoms with van der Waals surface area (Å²) in [7, 11) is 2.92. The van der Waals surface area contributed by atoms with Gasteiger partial charge in [-0.25, -0.2) is 0 Å². The highest BCUT2D eigenvalue weighted by Gasteiger charge is 2.31. The summed E-state index contributed by atoms with van der Waals surface area (Å²) in [6.07, 6.45) is 0. The number of hydrogen-bond donors (Lipinski definition) is 2. The Kier molecular flexibility index (Phi) is 4.78. The minimum Gasteiger partial charge on any atom is -0.493 e. The van der Waals surface area contributed by atoms with Gasteiger partial charge in [-0.15, -0.1) is 0 Å². The van der Waals surface area contributed by atoms with Gasteiger partial charge in [0.15, 0.2) is 11.5 Å². The van der Waals surface area contributed by atoms with Crippen molar-refractivity contribution in [1.29, 1.82) is 0 Å². The van der Waals surface area contributed by atoms with Gasteiger partial charge in [0.1, 0.15) is 0 Å². The number of benzene rings is 1. The van der Waals surface area contributed by atoms with E-state index < -0.39 is 9.70 Å². The Morgan fingerprint density at radius 2 is 1.72 bits per heavy atom. The predicted octanol–water partition coefficient (Wildman–Crippen LogP) is 2.59. The molecule has 0 fully saturated rings. The maximum absolute atomic E-state index is 11.5. The van der Waals surface area contributed by atoms with E-state index in [0.717, 1.165) is 0 Å². The van der Waals surface area contributed by atoms with Crippen LogP contribution in [0.3, 0.4) is 0 Å². The van der Waals surface area contributed by atoms with Crippen LogP contribution in [-0.4, -0.2) is 23.9 Å². The smallest absolute Gasteiger partial charge is 0.276 e. The van der Waals surface area contributed by atoms with Crippen LogP contribution < -0.4 is 20.5 Å². The minimum absolute atomic E-state index is 0.259. The van der Waals surface area contributed by atoms with Crippen LogP contribution in [-0.2, 0) is 4.79 Å². The summed E-state index contributed by atoms with van der Waals surface area (Å²) >= 11 is 16.3. The molecule has 1 aromatic rings. The summed E-state index contributed by atoms with van der Waals surface area (Å²) < 4.78 is 8.05. The maximum Gasteiger partial charge on any atom is 0.276 e. The van der Waals surface area contributed by atoms with Crippen LogP contribution in [0.4, 0.5) is 11.4 Å². The fraction of sp³-hybridized carbons (Fsp3) is 0.300. The lowest BCUT2D eigenvalue weighted by molar-refractivity contribution is -0.115. The van der Waals surface area contributed by atoms with Crippen molar-refractivity contribution in [3.8, 4) is 11.5 Å². The van der Waals surface area contributed by atoms with Crippen molar-refractivity contribution in [2.24, 2.45) is 0 Å². The van der Waals surface area contributed by atoms with E-state index in [1.807, 2.05) is 0 Å². The van der Waals surface area contributed by atoms with Crippen molar-refractivity contribution in [3.63, 3.8) is 0 Å². The quantitative estimate of drug-likeness (QED) is 0.664. The highest BCUT2D eigenvalue weighted by atomic mass is 35.6. The Labute approximate surface area is 119 Å². The first kappa shape index (κ1) is 15.0. The second kappa shape index (κ2) is 5.73. The summed E-state index contributed by atoms with van der Waals surface area (Å²) in [4.78, 5) is 11.5. The van der Waals surface area contributed by atoms with Crippen molar-refractivity contribution >= 4 is 52.1 Å². The van der Waals surface area contributed by atoms with Gasteiger partial charge in [-0.05, 0) is 0 Å². The van der Waals surface area contributed by atoms with Gasteiger partial charge in [0.25, 0.3) is 9.70 Å². The third-order valence-corrected chi connectivity index (χ3v) is 2.58. The number of anilines is 2. The number of nitrogens with one attached hydrogen (secondary N) is 1. The van der Waals surface area contributed by atoms with Gasteiger partial charge in [-0.1, -0.05) is 34.8 Å². The molecule has 0 bridgehead atoms. The van der Waals surface area contributed by atoms with Crippen LogP contribution >= 0.6 is 34.8 Å². The highest BCUT2D eigenvalue weighted by Crippen LogP contribution is 2.36. The molecule has 1 aromatic carbocycles. The monoisotopic (exact) mass is 312 g/mol. The van der Waals surface area contributed by atoms with Crippen molar-refractivity contribution in [2.45, 2.75) is 3.79 Å². The molecule has 0 aliphatic heterocycles. The molecular weight excluding hydrogens is 302 g/mol. The zero-order valence-electron chi connectivity index (χ0n) is 9.59. The van der Waals surface area contributed by atoms with E-state index in [1.54, 1.807) is 0 Å². The van der Waals surface area contributed by atoms with E-state index in [9.17, 15) is 4.79 Å². The first-order valence-corrected chi connectivity index (χ1v) is 5.82. The molecule has 0 radical (unpaired) electrons. The van der Waals surface area contributed by atoms with Crippen molar-refractivity contribution in [1.82, 2.24) is 0 Å². The van der Waals surface area contributed by atoms with Crippen molar-refractivity contribution in [3.05, 3.63) is 12.1 Å². The summed E-state index contributed by atoms with van der Waals surface area (Å²) in [6.45, 7) is 0. The summed E-state index contributed by atoms with van der Waals surface area (Å²) in [5.41, 5.74) is 6.26. The number of halogens is 3. The van der Waals surface area contributed by atoms with Gasteiger partial charge in [0.05, 0.1) is 25.6 Å². The van der Waals surface area contributed by atoms with Crippen LogP contribution in [0.2, 0.25) is 0 Å². The molecule has 0 saturated heterocycles. The number of amides is 1. The third kappa shape index (κ3) is 3.48. The molecule has 1 rings (SSSR count). The van der Waals surface area contributed by atoms with Gasteiger partial charge >= 0.3 is 0 Å². The average molecular weight is 314 g/mol. The van der Waals surface area contributed by atoms with E-state index in [0.29, 0.717) is 11.5 Å². The lowest BCUT2D eigenvalue weighted by Crippen LogP contribution is -2.27. The van der Waals surface area contributed by atoms with E-state index in [4.69, 9.17) is 50.0 Å². The SMILES string of the molecule is COc1cc(N)c(NC(=O)C(Cl)(Cl)Cl)cc1OC. The van der Waals surface area contributed by atoms with Crippen molar-refractivity contribution < 1.29 is 14.3 Å². The van der Waals surface area contributed by atoms with Crippen LogP contribution in [0.1, 0.15) is 0 Å². The number of alkyl halides is 3. The topological polar surface area (TPSA) is 73.6 Å². The lowest BCUT2D eigenvalue weighted by atomic mass is 10.2. The molecule has 0 unspecified atom stereocenters. The Morgan fingerprint density at radius 3 is 2.17 bits per heavy atom. The molecule has 0 saturated carbocycles. The van der Waals surface area contributed by atoms with Gasteiger partial charge < -0.3 is 20.5 Å². The molecule has 0 aromatic heterocycles. The van der Waals surface area contributed by atoms with Crippen LogP contribution in [0.25, 0.3) is 0 Å². The van der Waals surface area contributed by atoms with Gasteiger partial charge in [-0.2, -0.15) is 0 Å². The molecule has 18 heavy (non-hydrogen) atoms. The van der Waals surface area contributed by atoms with E-state index >= 15 is 0 Å². The molecule has 0 aliphatic carbocycles. The van der Waals surface area contributed by atoms with Crippen LogP contribution in [0.5, 0.6) is 11.5 Å². The summed E-state index contributed by atoms with van der Waals surface area (Å²) in [6, 6.07) is 2.97. The van der Waals surface area contributed by atoms with Crippen LogP contribution in [0, 0.1) is 0 Å². The molecule has 1 amide bonds. The Bertz CT molecular complexity index is 460. The molecule has 0 spiro atoms. The second-order valence-electron chi connectivity index (χ2n) is 3.25. The molecule has 5 nitrogen and oxygen atoms in total. The fourth-order valence-corrected chi connectivity index (χ4v) is 1.34. The molecule has 0 atom stereocenters. The Balaban J connectivity index is 3.07. The number of carbonyl (C=O) groups is 1. The number of methoxy groups -OCH3 is 2. The van der Waals surface area contributed by atoms with Gasteiger partial charge in [-0.3, -0.25) is 4.79 Å². The van der Waals surface area contributed by atoms with E-state index in [1.165, 1.54) is 26.4 Å². The molecule has 8 heteroatoms. The highest BCUT2D eigenvalue weighted by molar-refractivity contribution is 6.76. The molecule has 0 aliphatic rings. The molecule has 100 valence electrons. The zero-order valence-corrected chi connectivity index (χ0v) is 11.9. The third-order valence-electron chi connectivity index (χ3n) is 2.06. The zero-order chi connectivity index (χ0) is 13.9. The standard InChI is InChI=1S/C10H11Cl3N2O3/c1-17-7-3-5(14)6(4-8(7)18-2)15-9(16)10(11,12)13/h3-4H,14H2,1-2H3,(H,15,16). The number of nitrogen functional groups attached to an aromatic ring is 1. The van der Waals surface area contributed by atoms with Crippen molar-refractivity contribution in [2.75, 3.05) is 25.3 Å². The normalized spacial score (nSPS) is 10.9. The second-order valence-corrected chi connectivity index (χ2v) is 5.53. The number of carbonyl (C=O) groups excluding carboxylic acids is 1. The van der Waals surface area contributed by atoms with Gasteiger partial charge in [0.2, 0.25) is 0 Å². The van der Waals surface area contributed by atoms with E-state index in [-0.39, 0.29) is 11.4 Å². The summed E-state index contributed by atoms with van der Waals surface area (Å²) in [5.74, 6) is 0.0135. The van der Waals surface area contributed by atoms with E-state index in [2.05, 4.69) is 5.32 Å². The fourth-order valence-electron chi connectivity index (χ4n) is 1.20. The lowest BCUT2D eigenvalue weighted by Gasteiger charge is -2.15. The molecule has 0 heterocycles. The summed E-state index contributed by atoms with van der Waals surface area (Å²) in [5, 5.41) is 2.38. The average Bonchev–Trinajstić information content (AvgIpc) is 2.29. The Morgan fingerprint density at radius 1 is 1.22 bits per heavy atom. The largest absolute Gasteiger partial charge is 0.493 e. The number of rotatable bonds is 3. The number of ether oxygens (including phenoxy) is 2. The van der Waals surface area contributed by atoms with Crippen LogP contribution in [0.15, 0.2) is 12.1 Å². The van der Waals surface area contributed by atoms with Gasteiger partial charge in [0, 0.05) is 12.1 Å². The Hall–Kier alpha value is -1.04. The number of hydrogen-bond acceptors (Lipinski definition) is 4. The first-order valence-electron chi connectivity index (χ1n) is 4.69. The predicted molar refractivity (Wildman–Crippen MR) is 72.9 cm³/mol. The maximum atomic E-state index is 11.5. The molecular formula is C10H11Cl3N2O3. The first-order chi connectivity index (χ1) is 8.29. The number of nitrogens with two attached hydrogens (primary N) is 1.